The third-order valence-electron chi connectivity index (χ3n) is 3.70. The highest BCUT2D eigenvalue weighted by molar-refractivity contribution is 5.94. The first-order valence-electron chi connectivity index (χ1n) is 6.68. The molecule has 1 heterocycles. The monoisotopic (exact) mass is 292 g/mol. The summed E-state index contributed by atoms with van der Waals surface area (Å²) >= 11 is 0. The Labute approximate surface area is 119 Å². The lowest BCUT2D eigenvalue weighted by Crippen LogP contribution is -2.18. The predicted molar refractivity (Wildman–Crippen MR) is 72.9 cm³/mol. The minimum absolute atomic E-state index is 0.0595. The van der Waals surface area contributed by atoms with E-state index >= 15 is 0 Å². The lowest BCUT2D eigenvalue weighted by atomic mass is 9.93. The van der Waals surface area contributed by atoms with Gasteiger partial charge in [-0.25, -0.2) is 8.78 Å². The number of rotatable bonds is 3. The van der Waals surface area contributed by atoms with Gasteiger partial charge in [0.05, 0.1) is 23.6 Å². The number of benzene rings is 1. The van der Waals surface area contributed by atoms with E-state index in [2.05, 4.69) is 5.32 Å². The second-order valence-electron chi connectivity index (χ2n) is 5.06. The van der Waals surface area contributed by atoms with Crippen LogP contribution in [0.3, 0.4) is 0 Å². The number of fused-ring (bicyclic) bond motifs is 1. The Kier molecular flexibility index (Phi) is 3.37. The van der Waals surface area contributed by atoms with E-state index in [1.807, 2.05) is 6.07 Å². The number of primary amides is 1. The summed E-state index contributed by atoms with van der Waals surface area (Å²) in [4.78, 5) is 11.2. The molecule has 0 fully saturated rings. The molecule has 0 radical (unpaired) electrons. The highest BCUT2D eigenvalue weighted by atomic mass is 19.1. The summed E-state index contributed by atoms with van der Waals surface area (Å²) < 4.78 is 32.7. The van der Waals surface area contributed by atoms with E-state index in [-0.39, 0.29) is 17.3 Å². The molecule has 21 heavy (non-hydrogen) atoms. The molecule has 6 heteroatoms. The van der Waals surface area contributed by atoms with Gasteiger partial charge in [-0.2, -0.15) is 0 Å². The standard InChI is InChI=1S/C15H14F2N2O2/c16-10-7-11(17)13(6-9(10)15(18)20)19-12-2-1-3-14-8(12)4-5-21-14/h4-7,12,19H,1-3H2,(H2,18,20). The van der Waals surface area contributed by atoms with Gasteiger partial charge in [0.2, 0.25) is 0 Å². The van der Waals surface area contributed by atoms with Crippen molar-refractivity contribution in [3.05, 3.63) is 53.0 Å². The highest BCUT2D eigenvalue weighted by Crippen LogP contribution is 2.34. The highest BCUT2D eigenvalue weighted by Gasteiger charge is 2.24. The Morgan fingerprint density at radius 2 is 2.14 bits per heavy atom. The summed E-state index contributed by atoms with van der Waals surface area (Å²) in [5.74, 6) is -1.77. The molecule has 1 unspecified atom stereocenters. The Balaban J connectivity index is 1.93. The number of halogens is 2. The van der Waals surface area contributed by atoms with Crippen LogP contribution in [0.5, 0.6) is 0 Å². The van der Waals surface area contributed by atoms with Crippen molar-refractivity contribution >= 4 is 11.6 Å². The van der Waals surface area contributed by atoms with E-state index < -0.39 is 17.5 Å². The molecule has 0 bridgehead atoms. The van der Waals surface area contributed by atoms with Crippen molar-refractivity contribution in [2.45, 2.75) is 25.3 Å². The van der Waals surface area contributed by atoms with Crippen LogP contribution in [-0.4, -0.2) is 5.91 Å². The van der Waals surface area contributed by atoms with Gasteiger partial charge in [0, 0.05) is 18.1 Å². The first kappa shape index (κ1) is 13.6. The average molecular weight is 292 g/mol. The maximum atomic E-state index is 13.9. The zero-order chi connectivity index (χ0) is 15.0. The summed E-state index contributed by atoms with van der Waals surface area (Å²) in [7, 11) is 0. The van der Waals surface area contributed by atoms with Crippen LogP contribution in [0, 0.1) is 11.6 Å². The number of hydrogen-bond donors (Lipinski definition) is 2. The minimum atomic E-state index is -0.960. The molecule has 4 nitrogen and oxygen atoms in total. The van der Waals surface area contributed by atoms with Gasteiger partial charge < -0.3 is 15.5 Å². The first-order chi connectivity index (χ1) is 10.1. The molecule has 1 aliphatic rings. The maximum Gasteiger partial charge on any atom is 0.251 e. The number of carbonyl (C=O) groups is 1. The summed E-state index contributed by atoms with van der Waals surface area (Å²) in [6.45, 7) is 0. The minimum Gasteiger partial charge on any atom is -0.469 e. The molecular weight excluding hydrogens is 278 g/mol. The van der Waals surface area contributed by atoms with E-state index in [9.17, 15) is 13.6 Å². The van der Waals surface area contributed by atoms with Crippen LogP contribution < -0.4 is 11.1 Å². The summed E-state index contributed by atoms with van der Waals surface area (Å²) in [5, 5.41) is 3.00. The number of carbonyl (C=O) groups excluding carboxylic acids is 1. The molecule has 1 atom stereocenters. The molecule has 0 spiro atoms. The average Bonchev–Trinajstić information content (AvgIpc) is 2.90. The van der Waals surface area contributed by atoms with Gasteiger partial charge in [0.1, 0.15) is 17.4 Å². The van der Waals surface area contributed by atoms with Crippen molar-refractivity contribution in [1.29, 1.82) is 0 Å². The number of anilines is 1. The van der Waals surface area contributed by atoms with Crippen LogP contribution in [0.2, 0.25) is 0 Å². The van der Waals surface area contributed by atoms with Gasteiger partial charge in [-0.15, -0.1) is 0 Å². The molecule has 1 aromatic carbocycles. The molecule has 1 amide bonds. The summed E-state index contributed by atoms with van der Waals surface area (Å²) in [5.41, 5.74) is 5.77. The molecule has 1 aromatic heterocycles. The fourth-order valence-electron chi connectivity index (χ4n) is 2.67. The fourth-order valence-corrected chi connectivity index (χ4v) is 2.67. The van der Waals surface area contributed by atoms with Crippen molar-refractivity contribution in [3.63, 3.8) is 0 Å². The first-order valence-corrected chi connectivity index (χ1v) is 6.68. The number of hydrogen-bond acceptors (Lipinski definition) is 3. The Bertz CT molecular complexity index is 697. The second kappa shape index (κ2) is 5.20. The van der Waals surface area contributed by atoms with Gasteiger partial charge >= 0.3 is 0 Å². The SMILES string of the molecule is NC(=O)c1cc(NC2CCCc3occc32)c(F)cc1F. The lowest BCUT2D eigenvalue weighted by Gasteiger charge is -2.24. The number of amides is 1. The quantitative estimate of drug-likeness (QED) is 0.913. The van der Waals surface area contributed by atoms with Crippen LogP contribution in [0.1, 0.15) is 40.6 Å². The molecule has 2 aromatic rings. The Hall–Kier alpha value is -2.37. The van der Waals surface area contributed by atoms with E-state index in [0.29, 0.717) is 6.07 Å². The normalized spacial score (nSPS) is 17.3. The van der Waals surface area contributed by atoms with Crippen LogP contribution in [-0.2, 0) is 6.42 Å². The van der Waals surface area contributed by atoms with Gasteiger partial charge in [0.25, 0.3) is 5.91 Å². The molecule has 1 aliphatic carbocycles. The topological polar surface area (TPSA) is 68.3 Å². The molecule has 0 aliphatic heterocycles. The van der Waals surface area contributed by atoms with Crippen molar-refractivity contribution in [1.82, 2.24) is 0 Å². The Morgan fingerprint density at radius 1 is 1.33 bits per heavy atom. The van der Waals surface area contributed by atoms with Crippen LogP contribution in [0.15, 0.2) is 28.9 Å². The van der Waals surface area contributed by atoms with Gasteiger partial charge in [-0.1, -0.05) is 0 Å². The molecule has 0 saturated heterocycles. The van der Waals surface area contributed by atoms with Crippen molar-refractivity contribution in [3.8, 4) is 0 Å². The van der Waals surface area contributed by atoms with Crippen LogP contribution in [0.4, 0.5) is 14.5 Å². The van der Waals surface area contributed by atoms with E-state index in [0.717, 1.165) is 36.7 Å². The number of aryl methyl sites for hydroxylation is 1. The predicted octanol–water partition coefficient (Wildman–Crippen LogP) is 3.15. The van der Waals surface area contributed by atoms with Crippen molar-refractivity contribution < 1.29 is 18.0 Å². The van der Waals surface area contributed by atoms with Gasteiger partial charge in [0.15, 0.2) is 0 Å². The van der Waals surface area contributed by atoms with E-state index in [1.54, 1.807) is 6.26 Å². The third kappa shape index (κ3) is 2.49. The summed E-state index contributed by atoms with van der Waals surface area (Å²) in [6, 6.07) is 3.49. The number of nitrogens with two attached hydrogens (primary N) is 1. The van der Waals surface area contributed by atoms with E-state index in [1.165, 1.54) is 0 Å². The molecule has 0 saturated carbocycles. The van der Waals surface area contributed by atoms with Crippen LogP contribution in [0.25, 0.3) is 0 Å². The van der Waals surface area contributed by atoms with Gasteiger partial charge in [-0.3, -0.25) is 4.79 Å². The molecule has 3 rings (SSSR count). The second-order valence-corrected chi connectivity index (χ2v) is 5.06. The smallest absolute Gasteiger partial charge is 0.251 e. The Morgan fingerprint density at radius 3 is 2.90 bits per heavy atom. The van der Waals surface area contributed by atoms with Crippen molar-refractivity contribution in [2.24, 2.45) is 5.73 Å². The van der Waals surface area contributed by atoms with Gasteiger partial charge in [-0.05, 0) is 25.0 Å². The van der Waals surface area contributed by atoms with Crippen molar-refractivity contribution in [2.75, 3.05) is 5.32 Å². The molecule has 110 valence electrons. The number of furan rings is 1. The largest absolute Gasteiger partial charge is 0.469 e. The van der Waals surface area contributed by atoms with Crippen LogP contribution >= 0.6 is 0 Å². The zero-order valence-electron chi connectivity index (χ0n) is 11.2. The summed E-state index contributed by atoms with van der Waals surface area (Å²) in [6.07, 6.45) is 4.15. The molecule has 3 N–H and O–H groups in total. The third-order valence-corrected chi connectivity index (χ3v) is 3.70. The van der Waals surface area contributed by atoms with E-state index in [4.69, 9.17) is 10.2 Å². The fraction of sp³-hybridized carbons (Fsp3) is 0.267. The number of nitrogens with one attached hydrogen (secondary N) is 1. The zero-order valence-corrected chi connectivity index (χ0v) is 11.2. The lowest BCUT2D eigenvalue weighted by molar-refractivity contribution is 0.0996. The molecular formula is C15H14F2N2O2. The maximum absolute atomic E-state index is 13.9.